The van der Waals surface area contributed by atoms with Crippen molar-refractivity contribution in [2.75, 3.05) is 0 Å². The fraction of sp³-hybridized carbons (Fsp3) is 0.250. The van der Waals surface area contributed by atoms with Crippen LogP contribution in [0.15, 0.2) is 34.0 Å². The predicted molar refractivity (Wildman–Crippen MR) is 66.7 cm³/mol. The maximum absolute atomic E-state index is 10.7. The Bertz CT molecular complexity index is 568. The Labute approximate surface area is 108 Å². The molecule has 5 nitrogen and oxygen atoms in total. The third-order valence-electron chi connectivity index (χ3n) is 2.29. The van der Waals surface area contributed by atoms with Gasteiger partial charge in [0, 0.05) is 11.9 Å². The second-order valence-corrected chi connectivity index (χ2v) is 5.06. The molecule has 18 heavy (non-hydrogen) atoms. The zero-order valence-corrected chi connectivity index (χ0v) is 10.8. The molecule has 2 rings (SSSR count). The molecule has 6 heteroatoms. The molecule has 0 aromatic carbocycles. The maximum atomic E-state index is 10.7. The average Bonchev–Trinajstić information content (AvgIpc) is 2.78. The number of thioether (sulfide) groups is 1. The lowest BCUT2D eigenvalue weighted by Crippen LogP contribution is -1.94. The Kier molecular flexibility index (Phi) is 3.66. The summed E-state index contributed by atoms with van der Waals surface area (Å²) >= 11 is 1.43. The van der Waals surface area contributed by atoms with Crippen molar-refractivity contribution in [1.82, 2.24) is 9.97 Å². The molecule has 0 aliphatic heterocycles. The zero-order valence-electron chi connectivity index (χ0n) is 9.95. The minimum Gasteiger partial charge on any atom is -0.475 e. The van der Waals surface area contributed by atoms with Crippen LogP contribution in [0.1, 0.15) is 34.2 Å². The third kappa shape index (κ3) is 2.89. The van der Waals surface area contributed by atoms with Crippen LogP contribution in [-0.4, -0.2) is 21.0 Å². The lowest BCUT2D eigenvalue weighted by atomic mass is 10.3. The minimum atomic E-state index is -1.06. The van der Waals surface area contributed by atoms with Crippen molar-refractivity contribution in [3.05, 3.63) is 41.6 Å². The molecule has 0 saturated carbocycles. The first kappa shape index (κ1) is 12.6. The van der Waals surface area contributed by atoms with E-state index in [9.17, 15) is 4.79 Å². The first-order chi connectivity index (χ1) is 8.56. The van der Waals surface area contributed by atoms with Crippen molar-refractivity contribution in [2.45, 2.75) is 24.3 Å². The Hall–Kier alpha value is -1.82. The predicted octanol–water partition coefficient (Wildman–Crippen LogP) is 2.93. The van der Waals surface area contributed by atoms with Crippen LogP contribution in [0, 0.1) is 6.92 Å². The highest BCUT2D eigenvalue weighted by Crippen LogP contribution is 2.33. The van der Waals surface area contributed by atoms with Gasteiger partial charge in [-0.25, -0.2) is 14.8 Å². The number of rotatable bonds is 4. The lowest BCUT2D eigenvalue weighted by Gasteiger charge is -2.06. The molecule has 1 atom stereocenters. The van der Waals surface area contributed by atoms with Crippen LogP contribution < -0.4 is 0 Å². The molecular weight excluding hydrogens is 252 g/mol. The van der Waals surface area contributed by atoms with Gasteiger partial charge < -0.3 is 9.52 Å². The van der Waals surface area contributed by atoms with E-state index in [0.29, 0.717) is 10.9 Å². The SMILES string of the molecule is Cc1ccnc(SC(C)c2ccc(C(=O)O)o2)n1. The normalized spacial score (nSPS) is 12.3. The molecule has 0 saturated heterocycles. The van der Waals surface area contributed by atoms with Gasteiger partial charge in [-0.3, -0.25) is 0 Å². The van der Waals surface area contributed by atoms with Crippen LogP contribution in [0.25, 0.3) is 0 Å². The molecule has 1 N–H and O–H groups in total. The van der Waals surface area contributed by atoms with Crippen LogP contribution >= 0.6 is 11.8 Å². The average molecular weight is 264 g/mol. The van der Waals surface area contributed by atoms with Crippen molar-refractivity contribution in [1.29, 1.82) is 0 Å². The van der Waals surface area contributed by atoms with Crippen molar-refractivity contribution in [3.8, 4) is 0 Å². The number of furan rings is 1. The molecular formula is C12H12N2O3S. The molecule has 0 radical (unpaired) electrons. The minimum absolute atomic E-state index is 0.0418. The number of hydrogen-bond donors (Lipinski definition) is 1. The fourth-order valence-corrected chi connectivity index (χ4v) is 2.26. The Morgan fingerprint density at radius 2 is 2.22 bits per heavy atom. The summed E-state index contributed by atoms with van der Waals surface area (Å²) in [6, 6.07) is 4.94. The molecule has 0 aliphatic rings. The standard InChI is InChI=1S/C12H12N2O3S/c1-7-5-6-13-12(14-7)18-8(2)9-3-4-10(17-9)11(15)16/h3-6,8H,1-2H3,(H,15,16). The lowest BCUT2D eigenvalue weighted by molar-refractivity contribution is 0.0660. The van der Waals surface area contributed by atoms with E-state index in [2.05, 4.69) is 9.97 Å². The number of carboxylic acids is 1. The first-order valence-electron chi connectivity index (χ1n) is 5.35. The smallest absolute Gasteiger partial charge is 0.371 e. The van der Waals surface area contributed by atoms with E-state index in [4.69, 9.17) is 9.52 Å². The van der Waals surface area contributed by atoms with Gasteiger partial charge in [-0.1, -0.05) is 11.8 Å². The van der Waals surface area contributed by atoms with Gasteiger partial charge in [-0.15, -0.1) is 0 Å². The van der Waals surface area contributed by atoms with Crippen LogP contribution in [0.2, 0.25) is 0 Å². The summed E-state index contributed by atoms with van der Waals surface area (Å²) < 4.78 is 5.23. The number of aromatic nitrogens is 2. The number of carboxylic acid groups (broad SMARTS) is 1. The van der Waals surface area contributed by atoms with Crippen molar-refractivity contribution >= 4 is 17.7 Å². The van der Waals surface area contributed by atoms with Crippen LogP contribution in [0.3, 0.4) is 0 Å². The quantitative estimate of drug-likeness (QED) is 0.676. The van der Waals surface area contributed by atoms with E-state index in [0.717, 1.165) is 5.69 Å². The molecule has 2 aromatic heterocycles. The zero-order chi connectivity index (χ0) is 13.1. The summed E-state index contributed by atoms with van der Waals surface area (Å²) in [5.74, 6) is -0.518. The topological polar surface area (TPSA) is 76.2 Å². The second-order valence-electron chi connectivity index (χ2n) is 3.75. The number of hydrogen-bond acceptors (Lipinski definition) is 5. The highest BCUT2D eigenvalue weighted by Gasteiger charge is 2.16. The van der Waals surface area contributed by atoms with Crippen LogP contribution in [0.5, 0.6) is 0 Å². The molecule has 0 aliphatic carbocycles. The second kappa shape index (κ2) is 5.22. The van der Waals surface area contributed by atoms with E-state index in [1.54, 1.807) is 12.3 Å². The highest BCUT2D eigenvalue weighted by atomic mass is 32.2. The van der Waals surface area contributed by atoms with Crippen LogP contribution in [0.4, 0.5) is 0 Å². The van der Waals surface area contributed by atoms with E-state index in [1.165, 1.54) is 17.8 Å². The monoisotopic (exact) mass is 264 g/mol. The summed E-state index contributed by atoms with van der Waals surface area (Å²) in [5.41, 5.74) is 0.894. The van der Waals surface area contributed by atoms with E-state index in [-0.39, 0.29) is 11.0 Å². The van der Waals surface area contributed by atoms with Gasteiger partial charge in [0.25, 0.3) is 0 Å². The van der Waals surface area contributed by atoms with Gasteiger partial charge in [0.15, 0.2) is 5.16 Å². The van der Waals surface area contributed by atoms with Crippen molar-refractivity contribution in [3.63, 3.8) is 0 Å². The van der Waals surface area contributed by atoms with Crippen LogP contribution in [-0.2, 0) is 0 Å². The number of aromatic carboxylic acids is 1. The number of carbonyl (C=O) groups is 1. The molecule has 0 bridgehead atoms. The molecule has 0 spiro atoms. The summed E-state index contributed by atoms with van der Waals surface area (Å²) in [6.45, 7) is 3.81. The fourth-order valence-electron chi connectivity index (χ4n) is 1.39. The molecule has 2 aromatic rings. The number of nitrogens with zero attached hydrogens (tertiary/aromatic N) is 2. The summed E-state index contributed by atoms with van der Waals surface area (Å²) in [6.07, 6.45) is 1.70. The Morgan fingerprint density at radius 3 is 2.83 bits per heavy atom. The molecule has 2 heterocycles. The molecule has 0 fully saturated rings. The molecule has 94 valence electrons. The summed E-state index contributed by atoms with van der Waals surface area (Å²) in [7, 11) is 0. The van der Waals surface area contributed by atoms with E-state index in [1.807, 2.05) is 19.9 Å². The van der Waals surface area contributed by atoms with Gasteiger partial charge in [0.2, 0.25) is 5.76 Å². The third-order valence-corrected chi connectivity index (χ3v) is 3.29. The largest absolute Gasteiger partial charge is 0.475 e. The molecule has 0 amide bonds. The first-order valence-corrected chi connectivity index (χ1v) is 6.23. The number of aryl methyl sites for hydroxylation is 1. The summed E-state index contributed by atoms with van der Waals surface area (Å²) in [4.78, 5) is 19.1. The maximum Gasteiger partial charge on any atom is 0.371 e. The van der Waals surface area contributed by atoms with Gasteiger partial charge >= 0.3 is 5.97 Å². The van der Waals surface area contributed by atoms with Crippen molar-refractivity contribution in [2.24, 2.45) is 0 Å². The van der Waals surface area contributed by atoms with Gasteiger partial charge in [0.1, 0.15) is 5.76 Å². The van der Waals surface area contributed by atoms with Gasteiger partial charge in [0.05, 0.1) is 5.25 Å². The van der Waals surface area contributed by atoms with Crippen molar-refractivity contribution < 1.29 is 14.3 Å². The Morgan fingerprint density at radius 1 is 1.44 bits per heavy atom. The van der Waals surface area contributed by atoms with E-state index < -0.39 is 5.97 Å². The van der Waals surface area contributed by atoms with E-state index >= 15 is 0 Å². The Balaban J connectivity index is 2.11. The van der Waals surface area contributed by atoms with Gasteiger partial charge in [-0.2, -0.15) is 0 Å². The van der Waals surface area contributed by atoms with Gasteiger partial charge in [-0.05, 0) is 32.0 Å². The highest BCUT2D eigenvalue weighted by molar-refractivity contribution is 7.99. The summed E-state index contributed by atoms with van der Waals surface area (Å²) in [5, 5.41) is 9.39. The molecule has 1 unspecified atom stereocenters.